The summed E-state index contributed by atoms with van der Waals surface area (Å²) in [5.41, 5.74) is 8.01. The van der Waals surface area contributed by atoms with Gasteiger partial charge in [-0.15, -0.1) is 12.4 Å². The van der Waals surface area contributed by atoms with E-state index in [0.29, 0.717) is 30.9 Å². The minimum atomic E-state index is 0. The summed E-state index contributed by atoms with van der Waals surface area (Å²) >= 11 is 0. The molecule has 1 saturated heterocycles. The van der Waals surface area contributed by atoms with Gasteiger partial charge in [0.15, 0.2) is 0 Å². The average molecular weight is 300 g/mol. The predicted molar refractivity (Wildman–Crippen MR) is 82.3 cm³/mol. The molecular weight excluding hydrogens is 278 g/mol. The maximum Gasteiger partial charge on any atom is 0.254 e. The molecule has 112 valence electrons. The SMILES string of the molecule is Cc1ccc(N)cc1C(=O)N1CCN(CCO)CC1.Cl. The standard InChI is InChI=1S/C14H21N3O2.ClH/c1-11-2-3-12(15)10-13(11)14(19)17-6-4-16(5-7-17)8-9-18;/h2-3,10,18H,4-9,15H2,1H3;1H. The number of nitrogens with two attached hydrogens (primary N) is 1. The Morgan fingerprint density at radius 2 is 1.95 bits per heavy atom. The lowest BCUT2D eigenvalue weighted by Gasteiger charge is -2.34. The zero-order valence-electron chi connectivity index (χ0n) is 11.7. The third kappa shape index (κ3) is 3.85. The summed E-state index contributed by atoms with van der Waals surface area (Å²) in [4.78, 5) is 16.5. The van der Waals surface area contributed by atoms with Gasteiger partial charge in [-0.05, 0) is 24.6 Å². The van der Waals surface area contributed by atoms with Crippen LogP contribution in [0.3, 0.4) is 0 Å². The second kappa shape index (κ2) is 7.47. The molecule has 3 N–H and O–H groups in total. The fraction of sp³-hybridized carbons (Fsp3) is 0.500. The summed E-state index contributed by atoms with van der Waals surface area (Å²) < 4.78 is 0. The number of β-amino-alcohol motifs (C(OH)–C–C–N with tert-alkyl or cyclic N) is 1. The number of anilines is 1. The number of hydrogen-bond donors (Lipinski definition) is 2. The van der Waals surface area contributed by atoms with Crippen LogP contribution in [0.2, 0.25) is 0 Å². The van der Waals surface area contributed by atoms with E-state index >= 15 is 0 Å². The van der Waals surface area contributed by atoms with E-state index in [4.69, 9.17) is 10.8 Å². The highest BCUT2D eigenvalue weighted by Gasteiger charge is 2.22. The number of nitrogen functional groups attached to an aromatic ring is 1. The van der Waals surface area contributed by atoms with Gasteiger partial charge >= 0.3 is 0 Å². The average Bonchev–Trinajstić information content (AvgIpc) is 2.42. The van der Waals surface area contributed by atoms with Crippen LogP contribution in [0.25, 0.3) is 0 Å². The first-order chi connectivity index (χ1) is 9.11. The third-order valence-corrected chi connectivity index (χ3v) is 3.57. The van der Waals surface area contributed by atoms with E-state index < -0.39 is 0 Å². The van der Waals surface area contributed by atoms with Crippen LogP contribution in [-0.4, -0.2) is 60.1 Å². The molecule has 0 spiro atoms. The molecule has 1 amide bonds. The zero-order chi connectivity index (χ0) is 13.8. The molecular formula is C14H22ClN3O2. The summed E-state index contributed by atoms with van der Waals surface area (Å²) in [7, 11) is 0. The predicted octanol–water partition coefficient (Wildman–Crippen LogP) is 0.749. The highest BCUT2D eigenvalue weighted by molar-refractivity contribution is 5.96. The van der Waals surface area contributed by atoms with Gasteiger partial charge in [0, 0.05) is 44.0 Å². The Balaban J connectivity index is 0.00000200. The maximum atomic E-state index is 12.4. The normalized spacial score (nSPS) is 15.8. The maximum absolute atomic E-state index is 12.4. The van der Waals surface area contributed by atoms with Gasteiger partial charge in [-0.2, -0.15) is 0 Å². The summed E-state index contributed by atoms with van der Waals surface area (Å²) in [6.45, 7) is 5.80. The molecule has 0 atom stereocenters. The Labute approximate surface area is 125 Å². The van der Waals surface area contributed by atoms with Crippen molar-refractivity contribution in [2.24, 2.45) is 0 Å². The Kier molecular flexibility index (Phi) is 6.26. The molecule has 5 nitrogen and oxygen atoms in total. The fourth-order valence-electron chi connectivity index (χ4n) is 2.36. The molecule has 1 aliphatic heterocycles. The number of halogens is 1. The number of hydrogen-bond acceptors (Lipinski definition) is 4. The number of nitrogens with zero attached hydrogens (tertiary/aromatic N) is 2. The number of piperazine rings is 1. The van der Waals surface area contributed by atoms with Gasteiger partial charge in [0.25, 0.3) is 5.91 Å². The van der Waals surface area contributed by atoms with Gasteiger partial charge in [0.05, 0.1) is 6.61 Å². The lowest BCUT2D eigenvalue weighted by Crippen LogP contribution is -2.49. The first-order valence-electron chi connectivity index (χ1n) is 6.60. The first-order valence-corrected chi connectivity index (χ1v) is 6.60. The lowest BCUT2D eigenvalue weighted by atomic mass is 10.1. The zero-order valence-corrected chi connectivity index (χ0v) is 12.5. The summed E-state index contributed by atoms with van der Waals surface area (Å²) in [5.74, 6) is 0.0495. The van der Waals surface area contributed by atoms with E-state index in [1.165, 1.54) is 0 Å². The smallest absolute Gasteiger partial charge is 0.254 e. The Morgan fingerprint density at radius 3 is 2.55 bits per heavy atom. The minimum absolute atomic E-state index is 0. The van der Waals surface area contributed by atoms with Crippen LogP contribution in [0.1, 0.15) is 15.9 Å². The molecule has 20 heavy (non-hydrogen) atoms. The summed E-state index contributed by atoms with van der Waals surface area (Å²) in [6, 6.07) is 5.44. The van der Waals surface area contributed by atoms with Crippen molar-refractivity contribution in [2.45, 2.75) is 6.92 Å². The largest absolute Gasteiger partial charge is 0.399 e. The molecule has 0 bridgehead atoms. The Bertz CT molecular complexity index is 460. The Hall–Kier alpha value is -1.30. The quantitative estimate of drug-likeness (QED) is 0.808. The van der Waals surface area contributed by atoms with E-state index in [2.05, 4.69) is 4.90 Å². The number of rotatable bonds is 3. The highest BCUT2D eigenvalue weighted by Crippen LogP contribution is 2.16. The molecule has 0 unspecified atom stereocenters. The number of aryl methyl sites for hydroxylation is 1. The van der Waals surface area contributed by atoms with Crippen LogP contribution in [0, 0.1) is 6.92 Å². The number of aliphatic hydroxyl groups is 1. The molecule has 1 aliphatic rings. The molecule has 1 heterocycles. The second-order valence-corrected chi connectivity index (χ2v) is 4.93. The van der Waals surface area contributed by atoms with Gasteiger partial charge in [-0.1, -0.05) is 6.07 Å². The molecule has 0 aliphatic carbocycles. The molecule has 0 aromatic heterocycles. The van der Waals surface area contributed by atoms with Crippen LogP contribution in [0.5, 0.6) is 0 Å². The monoisotopic (exact) mass is 299 g/mol. The van der Waals surface area contributed by atoms with Crippen molar-refractivity contribution in [1.29, 1.82) is 0 Å². The van der Waals surface area contributed by atoms with E-state index in [0.717, 1.165) is 18.7 Å². The van der Waals surface area contributed by atoms with Crippen LogP contribution >= 0.6 is 12.4 Å². The van der Waals surface area contributed by atoms with Crippen LogP contribution in [0.15, 0.2) is 18.2 Å². The molecule has 1 aromatic rings. The molecule has 2 rings (SSSR count). The lowest BCUT2D eigenvalue weighted by molar-refractivity contribution is 0.0614. The minimum Gasteiger partial charge on any atom is -0.399 e. The molecule has 0 radical (unpaired) electrons. The van der Waals surface area contributed by atoms with E-state index in [1.54, 1.807) is 6.07 Å². The van der Waals surface area contributed by atoms with Crippen molar-refractivity contribution in [3.8, 4) is 0 Å². The van der Waals surface area contributed by atoms with Crippen LogP contribution in [0.4, 0.5) is 5.69 Å². The second-order valence-electron chi connectivity index (χ2n) is 4.93. The van der Waals surface area contributed by atoms with E-state index in [9.17, 15) is 4.79 Å². The van der Waals surface area contributed by atoms with Gasteiger partial charge in [-0.25, -0.2) is 0 Å². The summed E-state index contributed by atoms with van der Waals surface area (Å²) in [6.07, 6.45) is 0. The van der Waals surface area contributed by atoms with Crippen molar-refractivity contribution >= 4 is 24.0 Å². The highest BCUT2D eigenvalue weighted by atomic mass is 35.5. The van der Waals surface area contributed by atoms with E-state index in [-0.39, 0.29) is 24.9 Å². The van der Waals surface area contributed by atoms with Gasteiger partial charge < -0.3 is 15.7 Å². The van der Waals surface area contributed by atoms with Crippen molar-refractivity contribution in [3.05, 3.63) is 29.3 Å². The van der Waals surface area contributed by atoms with Gasteiger partial charge in [0.2, 0.25) is 0 Å². The van der Waals surface area contributed by atoms with Gasteiger partial charge in [0.1, 0.15) is 0 Å². The number of benzene rings is 1. The molecule has 6 heteroatoms. The van der Waals surface area contributed by atoms with Crippen molar-refractivity contribution in [3.63, 3.8) is 0 Å². The molecule has 1 fully saturated rings. The first kappa shape index (κ1) is 16.8. The van der Waals surface area contributed by atoms with E-state index in [1.807, 2.05) is 24.0 Å². The number of carbonyl (C=O) groups is 1. The topological polar surface area (TPSA) is 69.8 Å². The number of carbonyl (C=O) groups excluding carboxylic acids is 1. The molecule has 0 saturated carbocycles. The number of amides is 1. The Morgan fingerprint density at radius 1 is 1.30 bits per heavy atom. The van der Waals surface area contributed by atoms with Gasteiger partial charge in [-0.3, -0.25) is 9.69 Å². The van der Waals surface area contributed by atoms with Crippen LogP contribution in [-0.2, 0) is 0 Å². The van der Waals surface area contributed by atoms with Crippen molar-refractivity contribution < 1.29 is 9.90 Å². The fourth-order valence-corrected chi connectivity index (χ4v) is 2.36. The van der Waals surface area contributed by atoms with Crippen molar-refractivity contribution in [1.82, 2.24) is 9.80 Å². The summed E-state index contributed by atoms with van der Waals surface area (Å²) in [5, 5.41) is 8.90. The number of aliphatic hydroxyl groups excluding tert-OH is 1. The van der Waals surface area contributed by atoms with Crippen molar-refractivity contribution in [2.75, 3.05) is 45.1 Å². The molecule has 1 aromatic carbocycles. The third-order valence-electron chi connectivity index (χ3n) is 3.57. The van der Waals surface area contributed by atoms with Crippen LogP contribution < -0.4 is 5.73 Å².